The molecule has 0 aliphatic rings. The number of para-hydroxylation sites is 1. The van der Waals surface area contributed by atoms with Gasteiger partial charge in [0, 0.05) is 30.5 Å². The van der Waals surface area contributed by atoms with Gasteiger partial charge < -0.3 is 14.5 Å². The van der Waals surface area contributed by atoms with Gasteiger partial charge in [-0.25, -0.2) is 0 Å². The molecule has 116 valence electrons. The van der Waals surface area contributed by atoms with Gasteiger partial charge in [0.15, 0.2) is 0 Å². The van der Waals surface area contributed by atoms with Crippen LogP contribution < -0.4 is 5.32 Å². The Morgan fingerprint density at radius 2 is 2.00 bits per heavy atom. The molecular weight excluding hydrogens is 283 g/mol. The second-order valence-corrected chi connectivity index (χ2v) is 4.80. The van der Waals surface area contributed by atoms with Crippen molar-refractivity contribution < 1.29 is 22.3 Å². The molecule has 0 amide bonds. The molecule has 0 spiro atoms. The largest absolute Gasteiger partial charge is 0.458 e. The Hall–Kier alpha value is -1.53. The van der Waals surface area contributed by atoms with E-state index in [0.29, 0.717) is 12.3 Å². The van der Waals surface area contributed by atoms with E-state index in [1.54, 1.807) is 0 Å². The molecule has 0 bridgehead atoms. The van der Waals surface area contributed by atoms with Crippen LogP contribution in [0.4, 0.5) is 13.2 Å². The number of hydrogen-bond donors (Lipinski definition) is 1. The average molecular weight is 301 g/mol. The standard InChI is InChI=1S/C15H18F3NO2/c1-19-9-12-11-5-2-3-6-13(11)21-14(12)10-20-8-4-7-15(16,17)18/h2-3,5-6,19H,4,7-10H2,1H3. The van der Waals surface area contributed by atoms with Gasteiger partial charge in [0.05, 0.1) is 0 Å². The summed E-state index contributed by atoms with van der Waals surface area (Å²) in [5.41, 5.74) is 1.75. The highest BCUT2D eigenvalue weighted by Gasteiger charge is 2.26. The van der Waals surface area contributed by atoms with Crippen LogP contribution in [-0.2, 0) is 17.9 Å². The third-order valence-corrected chi connectivity index (χ3v) is 3.12. The van der Waals surface area contributed by atoms with Crippen LogP contribution in [0.3, 0.4) is 0 Å². The first-order chi connectivity index (χ1) is 10.0. The van der Waals surface area contributed by atoms with Crippen molar-refractivity contribution in [2.24, 2.45) is 0 Å². The molecule has 0 saturated heterocycles. The summed E-state index contributed by atoms with van der Waals surface area (Å²) >= 11 is 0. The number of nitrogens with one attached hydrogen (secondary N) is 1. The Kier molecular flexibility index (Phi) is 5.25. The average Bonchev–Trinajstić information content (AvgIpc) is 2.76. The van der Waals surface area contributed by atoms with Crippen molar-refractivity contribution in [3.63, 3.8) is 0 Å². The zero-order chi connectivity index (χ0) is 15.3. The number of halogens is 3. The van der Waals surface area contributed by atoms with Crippen LogP contribution in [-0.4, -0.2) is 19.8 Å². The second kappa shape index (κ2) is 6.95. The molecule has 0 unspecified atom stereocenters. The van der Waals surface area contributed by atoms with Crippen LogP contribution in [0, 0.1) is 0 Å². The summed E-state index contributed by atoms with van der Waals surface area (Å²) in [5.74, 6) is 0.664. The van der Waals surface area contributed by atoms with Crippen molar-refractivity contribution >= 4 is 11.0 Å². The van der Waals surface area contributed by atoms with E-state index in [0.717, 1.165) is 16.5 Å². The molecule has 6 heteroatoms. The zero-order valence-electron chi connectivity index (χ0n) is 11.8. The predicted octanol–water partition coefficient (Wildman–Crippen LogP) is 4.01. The van der Waals surface area contributed by atoms with Crippen LogP contribution in [0.5, 0.6) is 0 Å². The Morgan fingerprint density at radius 3 is 2.71 bits per heavy atom. The van der Waals surface area contributed by atoms with Gasteiger partial charge in [0.25, 0.3) is 0 Å². The van der Waals surface area contributed by atoms with E-state index in [4.69, 9.17) is 9.15 Å². The van der Waals surface area contributed by atoms with Crippen molar-refractivity contribution in [3.8, 4) is 0 Å². The molecule has 21 heavy (non-hydrogen) atoms. The SMILES string of the molecule is CNCc1c(COCCCC(F)(F)F)oc2ccccc12. The lowest BCUT2D eigenvalue weighted by atomic mass is 10.1. The lowest BCUT2D eigenvalue weighted by Crippen LogP contribution is -2.09. The summed E-state index contributed by atoms with van der Waals surface area (Å²) in [6.07, 6.45) is -4.98. The van der Waals surface area contributed by atoms with Gasteiger partial charge in [-0.1, -0.05) is 18.2 Å². The van der Waals surface area contributed by atoms with Gasteiger partial charge in [-0.2, -0.15) is 13.2 Å². The fraction of sp³-hybridized carbons (Fsp3) is 0.467. The number of fused-ring (bicyclic) bond motifs is 1. The fourth-order valence-corrected chi connectivity index (χ4v) is 2.18. The van der Waals surface area contributed by atoms with Gasteiger partial charge in [-0.05, 0) is 19.5 Å². The maximum Gasteiger partial charge on any atom is 0.389 e. The van der Waals surface area contributed by atoms with E-state index in [2.05, 4.69) is 5.32 Å². The molecule has 1 heterocycles. The van der Waals surface area contributed by atoms with Crippen LogP contribution in [0.1, 0.15) is 24.2 Å². The lowest BCUT2D eigenvalue weighted by Gasteiger charge is -2.07. The highest BCUT2D eigenvalue weighted by atomic mass is 19.4. The van der Waals surface area contributed by atoms with E-state index in [-0.39, 0.29) is 19.6 Å². The van der Waals surface area contributed by atoms with Crippen molar-refractivity contribution in [2.75, 3.05) is 13.7 Å². The predicted molar refractivity (Wildman–Crippen MR) is 73.9 cm³/mol. The molecule has 1 aromatic carbocycles. The van der Waals surface area contributed by atoms with Gasteiger partial charge >= 0.3 is 6.18 Å². The van der Waals surface area contributed by atoms with Gasteiger partial charge in [0.2, 0.25) is 0 Å². The first-order valence-corrected chi connectivity index (χ1v) is 6.79. The number of benzene rings is 1. The quantitative estimate of drug-likeness (QED) is 0.785. The van der Waals surface area contributed by atoms with E-state index in [9.17, 15) is 13.2 Å². The molecule has 0 aliphatic carbocycles. The molecule has 1 aromatic heterocycles. The van der Waals surface area contributed by atoms with Crippen molar-refractivity contribution in [3.05, 3.63) is 35.6 Å². The number of furan rings is 1. The van der Waals surface area contributed by atoms with E-state index >= 15 is 0 Å². The Labute approximate surface area is 121 Å². The Morgan fingerprint density at radius 1 is 1.24 bits per heavy atom. The molecule has 2 rings (SSSR count). The monoisotopic (exact) mass is 301 g/mol. The normalized spacial score (nSPS) is 12.2. The van der Waals surface area contributed by atoms with Crippen molar-refractivity contribution in [1.82, 2.24) is 5.32 Å². The molecule has 0 saturated carbocycles. The van der Waals surface area contributed by atoms with E-state index in [1.165, 1.54) is 0 Å². The van der Waals surface area contributed by atoms with Crippen molar-refractivity contribution in [2.45, 2.75) is 32.2 Å². The van der Waals surface area contributed by atoms with Crippen molar-refractivity contribution in [1.29, 1.82) is 0 Å². The maximum atomic E-state index is 12.0. The number of ether oxygens (including phenoxy) is 1. The van der Waals surface area contributed by atoms with Crippen LogP contribution >= 0.6 is 0 Å². The topological polar surface area (TPSA) is 34.4 Å². The molecule has 0 aliphatic heterocycles. The molecule has 1 N–H and O–H groups in total. The highest BCUT2D eigenvalue weighted by Crippen LogP contribution is 2.26. The first kappa shape index (κ1) is 15.9. The summed E-state index contributed by atoms with van der Waals surface area (Å²) in [5, 5.41) is 4.06. The summed E-state index contributed by atoms with van der Waals surface area (Å²) in [7, 11) is 1.83. The second-order valence-electron chi connectivity index (χ2n) is 4.80. The van der Waals surface area contributed by atoms with Crippen LogP contribution in [0.25, 0.3) is 11.0 Å². The van der Waals surface area contributed by atoms with Gasteiger partial charge in [-0.3, -0.25) is 0 Å². The van der Waals surface area contributed by atoms with Gasteiger partial charge in [-0.15, -0.1) is 0 Å². The van der Waals surface area contributed by atoms with Crippen LogP contribution in [0.2, 0.25) is 0 Å². The summed E-state index contributed by atoms with van der Waals surface area (Å²) < 4.78 is 47.1. The third kappa shape index (κ3) is 4.47. The first-order valence-electron chi connectivity index (χ1n) is 6.79. The lowest BCUT2D eigenvalue weighted by molar-refractivity contribution is -0.138. The fourth-order valence-electron chi connectivity index (χ4n) is 2.18. The molecule has 0 atom stereocenters. The Balaban J connectivity index is 1.96. The van der Waals surface area contributed by atoms with Crippen LogP contribution in [0.15, 0.2) is 28.7 Å². The number of hydrogen-bond acceptors (Lipinski definition) is 3. The molecule has 0 fully saturated rings. The molecule has 3 nitrogen and oxygen atoms in total. The van der Waals surface area contributed by atoms with E-state index < -0.39 is 12.6 Å². The summed E-state index contributed by atoms with van der Waals surface area (Å²) in [6, 6.07) is 7.62. The minimum absolute atomic E-state index is 0.0366. The molecule has 2 aromatic rings. The summed E-state index contributed by atoms with van der Waals surface area (Å²) in [4.78, 5) is 0. The number of alkyl halides is 3. The highest BCUT2D eigenvalue weighted by molar-refractivity contribution is 5.82. The Bertz CT molecular complexity index is 578. The number of rotatable bonds is 7. The van der Waals surface area contributed by atoms with Gasteiger partial charge in [0.1, 0.15) is 18.0 Å². The smallest absolute Gasteiger partial charge is 0.389 e. The molecule has 0 radical (unpaired) electrons. The summed E-state index contributed by atoms with van der Waals surface area (Å²) in [6.45, 7) is 0.872. The zero-order valence-corrected chi connectivity index (χ0v) is 11.8. The third-order valence-electron chi connectivity index (χ3n) is 3.12. The maximum absolute atomic E-state index is 12.0. The minimum atomic E-state index is -4.12. The molecular formula is C15H18F3NO2. The van der Waals surface area contributed by atoms with E-state index in [1.807, 2.05) is 31.3 Å². The minimum Gasteiger partial charge on any atom is -0.458 e.